The van der Waals surface area contributed by atoms with Crippen molar-refractivity contribution in [1.29, 1.82) is 0 Å². The second-order valence-corrected chi connectivity index (χ2v) is 8.24. The van der Waals surface area contributed by atoms with E-state index in [4.69, 9.17) is 4.74 Å². The van der Waals surface area contributed by atoms with Gasteiger partial charge >= 0.3 is 6.09 Å². The van der Waals surface area contributed by atoms with Gasteiger partial charge < -0.3 is 14.5 Å². The Hall–Kier alpha value is -2.66. The van der Waals surface area contributed by atoms with Crippen LogP contribution in [0, 0.1) is 0 Å². The number of carbonyl (C=O) groups excluding carboxylic acids is 2. The first-order chi connectivity index (χ1) is 14.2. The van der Waals surface area contributed by atoms with Crippen molar-refractivity contribution in [2.45, 2.75) is 11.9 Å². The van der Waals surface area contributed by atoms with E-state index in [2.05, 4.69) is 15.3 Å². The van der Waals surface area contributed by atoms with Gasteiger partial charge in [0.25, 0.3) is 0 Å². The Morgan fingerprint density at radius 3 is 2.66 bits per heavy atom. The summed E-state index contributed by atoms with van der Waals surface area (Å²) in [4.78, 5) is 28.7. The lowest BCUT2D eigenvalue weighted by atomic mass is 10.3. The first-order valence-corrected chi connectivity index (χ1v) is 11.1. The first-order valence-electron chi connectivity index (χ1n) is 9.24. The zero-order valence-corrected chi connectivity index (χ0v) is 17.5. The maximum atomic E-state index is 12.6. The number of aromatic nitrogens is 4. The summed E-state index contributed by atoms with van der Waals surface area (Å²) in [6, 6.07) is 7.63. The molecule has 3 aromatic rings. The van der Waals surface area contributed by atoms with Crippen LogP contribution in [0.3, 0.4) is 0 Å². The van der Waals surface area contributed by atoms with Crippen LogP contribution in [-0.2, 0) is 9.53 Å². The molecule has 0 aromatic carbocycles. The highest BCUT2D eigenvalue weighted by Gasteiger charge is 2.24. The fourth-order valence-corrected chi connectivity index (χ4v) is 4.44. The highest BCUT2D eigenvalue weighted by atomic mass is 32.2. The van der Waals surface area contributed by atoms with E-state index in [1.165, 1.54) is 11.8 Å². The number of thioether (sulfide) groups is 1. The van der Waals surface area contributed by atoms with Crippen LogP contribution < -0.4 is 0 Å². The lowest BCUT2D eigenvalue weighted by Crippen LogP contribution is -2.51. The molecule has 4 rings (SSSR count). The molecule has 0 N–H and O–H groups in total. The number of carbonyl (C=O) groups is 2. The van der Waals surface area contributed by atoms with E-state index in [0.717, 1.165) is 9.90 Å². The molecule has 9 nitrogen and oxygen atoms in total. The quantitative estimate of drug-likeness (QED) is 0.571. The number of piperazine rings is 1. The molecular formula is C18H20N6O3S2. The van der Waals surface area contributed by atoms with Gasteiger partial charge in [0.1, 0.15) is 5.03 Å². The van der Waals surface area contributed by atoms with Crippen molar-refractivity contribution in [3.05, 3.63) is 29.6 Å². The standard InChI is InChI=1S/C18H20N6O3S2/c1-2-27-18(26)23-9-7-22(8-10-23)16(25)12-29-15-6-5-14-19-20-17(24(14)21-15)13-4-3-11-28-13/h3-6,11H,2,7-10,12H2,1H3. The van der Waals surface area contributed by atoms with Gasteiger partial charge in [-0.15, -0.1) is 21.5 Å². The summed E-state index contributed by atoms with van der Waals surface area (Å²) in [7, 11) is 0. The molecule has 0 saturated carbocycles. The van der Waals surface area contributed by atoms with Crippen molar-refractivity contribution < 1.29 is 14.3 Å². The highest BCUT2D eigenvalue weighted by Crippen LogP contribution is 2.24. The molecule has 3 aromatic heterocycles. The third-order valence-electron chi connectivity index (χ3n) is 4.48. The lowest BCUT2D eigenvalue weighted by Gasteiger charge is -2.34. The van der Waals surface area contributed by atoms with Gasteiger partial charge in [-0.25, -0.2) is 4.79 Å². The third kappa shape index (κ3) is 4.35. The van der Waals surface area contributed by atoms with Gasteiger partial charge in [-0.05, 0) is 30.5 Å². The molecule has 0 bridgehead atoms. The van der Waals surface area contributed by atoms with Crippen molar-refractivity contribution in [2.24, 2.45) is 0 Å². The van der Waals surface area contributed by atoms with E-state index in [1.54, 1.807) is 32.6 Å². The van der Waals surface area contributed by atoms with E-state index in [-0.39, 0.29) is 17.8 Å². The van der Waals surface area contributed by atoms with Crippen LogP contribution >= 0.6 is 23.1 Å². The minimum atomic E-state index is -0.318. The summed E-state index contributed by atoms with van der Waals surface area (Å²) in [6.45, 7) is 4.14. The third-order valence-corrected chi connectivity index (χ3v) is 6.25. The maximum Gasteiger partial charge on any atom is 0.409 e. The molecule has 1 saturated heterocycles. The predicted molar refractivity (Wildman–Crippen MR) is 110 cm³/mol. The Kier molecular flexibility index (Phi) is 5.95. The van der Waals surface area contributed by atoms with Crippen molar-refractivity contribution >= 4 is 40.7 Å². The summed E-state index contributed by atoms with van der Waals surface area (Å²) in [6.07, 6.45) is -0.318. The zero-order chi connectivity index (χ0) is 20.2. The van der Waals surface area contributed by atoms with E-state index >= 15 is 0 Å². The van der Waals surface area contributed by atoms with Gasteiger partial charge in [-0.1, -0.05) is 17.8 Å². The average Bonchev–Trinajstić information content (AvgIpc) is 3.41. The number of hydrogen-bond donors (Lipinski definition) is 0. The lowest BCUT2D eigenvalue weighted by molar-refractivity contribution is -0.129. The molecule has 1 fully saturated rings. The second kappa shape index (κ2) is 8.78. The molecule has 0 aliphatic carbocycles. The minimum Gasteiger partial charge on any atom is -0.450 e. The molecule has 11 heteroatoms. The molecule has 152 valence electrons. The van der Waals surface area contributed by atoms with Crippen molar-refractivity contribution in [3.63, 3.8) is 0 Å². The zero-order valence-electron chi connectivity index (χ0n) is 15.9. The van der Waals surface area contributed by atoms with E-state index in [1.807, 2.05) is 29.6 Å². The summed E-state index contributed by atoms with van der Waals surface area (Å²) in [5.74, 6) is 1.01. The molecule has 0 spiro atoms. The first kappa shape index (κ1) is 19.6. The number of thiophene rings is 1. The van der Waals surface area contributed by atoms with Crippen LogP contribution in [0.2, 0.25) is 0 Å². The predicted octanol–water partition coefficient (Wildman–Crippen LogP) is 2.25. The Bertz CT molecular complexity index is 998. The molecule has 1 aliphatic rings. The minimum absolute atomic E-state index is 0.0302. The van der Waals surface area contributed by atoms with Crippen LogP contribution in [0.1, 0.15) is 6.92 Å². The van der Waals surface area contributed by atoms with Gasteiger partial charge in [0, 0.05) is 26.2 Å². The monoisotopic (exact) mass is 432 g/mol. The maximum absolute atomic E-state index is 12.6. The Balaban J connectivity index is 1.36. The molecule has 4 heterocycles. The molecule has 0 unspecified atom stereocenters. The molecule has 29 heavy (non-hydrogen) atoms. The Labute approximate surface area is 175 Å². The second-order valence-electron chi connectivity index (χ2n) is 6.30. The smallest absolute Gasteiger partial charge is 0.409 e. The average molecular weight is 433 g/mol. The van der Waals surface area contributed by atoms with Crippen LogP contribution in [0.5, 0.6) is 0 Å². The van der Waals surface area contributed by atoms with Crippen LogP contribution in [0.25, 0.3) is 16.3 Å². The van der Waals surface area contributed by atoms with E-state index in [9.17, 15) is 9.59 Å². The molecule has 0 radical (unpaired) electrons. The topological polar surface area (TPSA) is 92.9 Å². The number of hydrogen-bond acceptors (Lipinski definition) is 8. The normalized spacial score (nSPS) is 14.4. The van der Waals surface area contributed by atoms with Crippen LogP contribution in [0.15, 0.2) is 34.7 Å². The number of ether oxygens (including phenoxy) is 1. The van der Waals surface area contributed by atoms with Gasteiger partial charge in [0.15, 0.2) is 11.5 Å². The molecule has 1 aliphatic heterocycles. The summed E-state index contributed by atoms with van der Waals surface area (Å²) in [5.41, 5.74) is 0.666. The van der Waals surface area contributed by atoms with Crippen molar-refractivity contribution in [1.82, 2.24) is 29.6 Å². The van der Waals surface area contributed by atoms with Gasteiger partial charge in [0.05, 0.1) is 17.2 Å². The van der Waals surface area contributed by atoms with Crippen molar-refractivity contribution in [3.8, 4) is 10.7 Å². The molecule has 2 amide bonds. The molecule has 0 atom stereocenters. The number of amides is 2. The number of nitrogens with zero attached hydrogens (tertiary/aromatic N) is 6. The fourth-order valence-electron chi connectivity index (χ4n) is 2.99. The largest absolute Gasteiger partial charge is 0.450 e. The summed E-state index contributed by atoms with van der Waals surface area (Å²) < 4.78 is 6.71. The van der Waals surface area contributed by atoms with E-state index < -0.39 is 0 Å². The van der Waals surface area contributed by atoms with Crippen LogP contribution in [-0.4, -0.2) is 80.2 Å². The van der Waals surface area contributed by atoms with Crippen LogP contribution in [0.4, 0.5) is 4.79 Å². The summed E-state index contributed by atoms with van der Waals surface area (Å²) in [5, 5.41) is 15.7. The van der Waals surface area contributed by atoms with E-state index in [0.29, 0.717) is 44.3 Å². The SMILES string of the molecule is CCOC(=O)N1CCN(C(=O)CSc2ccc3nnc(-c4cccs4)n3n2)CC1. The Morgan fingerprint density at radius 1 is 1.14 bits per heavy atom. The molecular weight excluding hydrogens is 412 g/mol. The van der Waals surface area contributed by atoms with Gasteiger partial charge in [-0.3, -0.25) is 4.79 Å². The highest BCUT2D eigenvalue weighted by molar-refractivity contribution is 7.99. The fraction of sp³-hybridized carbons (Fsp3) is 0.389. The number of fused-ring (bicyclic) bond motifs is 1. The summed E-state index contributed by atoms with van der Waals surface area (Å²) >= 11 is 2.96. The van der Waals surface area contributed by atoms with Gasteiger partial charge in [-0.2, -0.15) is 9.61 Å². The van der Waals surface area contributed by atoms with Crippen molar-refractivity contribution in [2.75, 3.05) is 38.5 Å². The Morgan fingerprint density at radius 2 is 1.93 bits per heavy atom. The van der Waals surface area contributed by atoms with Gasteiger partial charge in [0.2, 0.25) is 5.91 Å². The number of rotatable bonds is 5.